The zero-order valence-corrected chi connectivity index (χ0v) is 14.4. The molecule has 3 rings (SSSR count). The van der Waals surface area contributed by atoms with Crippen LogP contribution in [0.4, 0.5) is 0 Å². The second-order valence-electron chi connectivity index (χ2n) is 5.65. The van der Waals surface area contributed by atoms with Crippen LogP contribution in [0.5, 0.6) is 11.5 Å². The number of nitrogens with one attached hydrogen (secondary N) is 1. The number of nitrogens with two attached hydrogens (primary N) is 1. The van der Waals surface area contributed by atoms with Crippen molar-refractivity contribution in [3.8, 4) is 22.1 Å². The molecule has 0 fully saturated rings. The summed E-state index contributed by atoms with van der Waals surface area (Å²) in [6.45, 7) is 2.80. The monoisotopic (exact) mass is 347 g/mol. The van der Waals surface area contributed by atoms with Gasteiger partial charge in [0.25, 0.3) is 5.91 Å². The number of fused-ring (bicyclic) bond motifs is 1. The molecule has 0 spiro atoms. The first-order valence-electron chi connectivity index (χ1n) is 8.08. The van der Waals surface area contributed by atoms with E-state index >= 15 is 0 Å². The van der Waals surface area contributed by atoms with Crippen molar-refractivity contribution in [2.45, 2.75) is 32.2 Å². The van der Waals surface area contributed by atoms with E-state index in [4.69, 9.17) is 15.2 Å². The summed E-state index contributed by atoms with van der Waals surface area (Å²) in [6.07, 6.45) is 4.63. The molecule has 0 radical (unpaired) electrons. The zero-order valence-electron chi connectivity index (χ0n) is 13.6. The molecule has 7 heteroatoms. The fraction of sp³-hybridized carbons (Fsp3) is 0.412. The number of hydrogen-bond donors (Lipinski definition) is 2. The Kier molecular flexibility index (Phi) is 5.32. The number of amides is 1. The van der Waals surface area contributed by atoms with Crippen molar-refractivity contribution in [2.75, 3.05) is 13.3 Å². The van der Waals surface area contributed by atoms with E-state index in [0.717, 1.165) is 35.6 Å². The Morgan fingerprint density at radius 1 is 1.42 bits per heavy atom. The highest BCUT2D eigenvalue weighted by atomic mass is 32.1. The summed E-state index contributed by atoms with van der Waals surface area (Å²) < 4.78 is 10.7. The van der Waals surface area contributed by atoms with E-state index in [9.17, 15) is 4.79 Å². The van der Waals surface area contributed by atoms with Gasteiger partial charge in [-0.1, -0.05) is 19.8 Å². The number of benzene rings is 1. The van der Waals surface area contributed by atoms with Gasteiger partial charge in [-0.2, -0.15) is 0 Å². The minimum absolute atomic E-state index is 0.00791. The van der Waals surface area contributed by atoms with Crippen LogP contribution in [-0.4, -0.2) is 30.3 Å². The van der Waals surface area contributed by atoms with Gasteiger partial charge in [-0.05, 0) is 24.6 Å². The normalized spacial score (nSPS) is 13.8. The zero-order chi connectivity index (χ0) is 16.9. The summed E-state index contributed by atoms with van der Waals surface area (Å²) in [6, 6.07) is 5.66. The molecule has 6 nitrogen and oxygen atoms in total. The molecule has 2 heterocycles. The molecule has 3 N–H and O–H groups in total. The minimum atomic E-state index is -0.119. The van der Waals surface area contributed by atoms with Crippen molar-refractivity contribution < 1.29 is 14.3 Å². The molecule has 24 heavy (non-hydrogen) atoms. The molecule has 1 aliphatic heterocycles. The van der Waals surface area contributed by atoms with Crippen molar-refractivity contribution in [2.24, 2.45) is 5.73 Å². The number of hydrogen-bond acceptors (Lipinski definition) is 6. The molecular weight excluding hydrogens is 326 g/mol. The number of unbranched alkanes of at least 4 members (excludes halogenated alkanes) is 1. The predicted molar refractivity (Wildman–Crippen MR) is 93.5 cm³/mol. The van der Waals surface area contributed by atoms with Gasteiger partial charge in [0, 0.05) is 18.2 Å². The van der Waals surface area contributed by atoms with Crippen LogP contribution >= 0.6 is 11.3 Å². The summed E-state index contributed by atoms with van der Waals surface area (Å²) >= 11 is 1.36. The average molecular weight is 347 g/mol. The number of nitrogens with zero attached hydrogens (tertiary/aromatic N) is 1. The lowest BCUT2D eigenvalue weighted by Crippen LogP contribution is -2.39. The second-order valence-corrected chi connectivity index (χ2v) is 6.68. The second kappa shape index (κ2) is 7.63. The summed E-state index contributed by atoms with van der Waals surface area (Å²) in [5.41, 5.74) is 6.64. The Bertz CT molecular complexity index is 717. The summed E-state index contributed by atoms with van der Waals surface area (Å²) in [5.74, 6) is 1.32. The standard InChI is InChI=1S/C17H21N3O3S/c1-2-3-4-12(8-18)20-16(21)15-9-19-17(24-15)11-5-6-13-14(7-11)23-10-22-13/h5-7,9,12H,2-4,8,10,18H2,1H3,(H,20,21). The highest BCUT2D eigenvalue weighted by Gasteiger charge is 2.18. The molecular formula is C17H21N3O3S. The van der Waals surface area contributed by atoms with Crippen LogP contribution in [0.2, 0.25) is 0 Å². The molecule has 1 aliphatic rings. The van der Waals surface area contributed by atoms with Gasteiger partial charge in [0.2, 0.25) is 6.79 Å². The number of carbonyl (C=O) groups is 1. The van der Waals surface area contributed by atoms with Gasteiger partial charge in [-0.25, -0.2) is 4.98 Å². The van der Waals surface area contributed by atoms with Gasteiger partial charge in [-0.15, -0.1) is 11.3 Å². The highest BCUT2D eigenvalue weighted by Crippen LogP contribution is 2.36. The Morgan fingerprint density at radius 3 is 3.04 bits per heavy atom. The lowest BCUT2D eigenvalue weighted by atomic mass is 10.1. The van der Waals surface area contributed by atoms with Crippen LogP contribution in [0.1, 0.15) is 35.9 Å². The molecule has 0 saturated carbocycles. The van der Waals surface area contributed by atoms with E-state index < -0.39 is 0 Å². The topological polar surface area (TPSA) is 86.5 Å². The van der Waals surface area contributed by atoms with E-state index in [2.05, 4.69) is 17.2 Å². The molecule has 2 aromatic rings. The minimum Gasteiger partial charge on any atom is -0.454 e. The SMILES string of the molecule is CCCCC(CN)NC(=O)c1cnc(-c2ccc3c(c2)OCO3)s1. The number of carbonyl (C=O) groups excluding carboxylic acids is 1. The number of rotatable bonds is 7. The van der Waals surface area contributed by atoms with Crippen molar-refractivity contribution >= 4 is 17.2 Å². The predicted octanol–water partition coefficient (Wildman–Crippen LogP) is 2.79. The van der Waals surface area contributed by atoms with Gasteiger partial charge >= 0.3 is 0 Å². The Hall–Kier alpha value is -2.12. The maximum absolute atomic E-state index is 12.4. The first kappa shape index (κ1) is 16.7. The molecule has 0 aliphatic carbocycles. The Labute approximate surface area is 145 Å². The summed E-state index contributed by atoms with van der Waals surface area (Å²) in [5, 5.41) is 3.76. The molecule has 1 unspecified atom stereocenters. The molecule has 1 atom stereocenters. The van der Waals surface area contributed by atoms with Crippen molar-refractivity contribution in [3.05, 3.63) is 29.3 Å². The van der Waals surface area contributed by atoms with E-state index in [1.54, 1.807) is 6.20 Å². The van der Waals surface area contributed by atoms with Gasteiger partial charge in [-0.3, -0.25) is 4.79 Å². The van der Waals surface area contributed by atoms with Crippen molar-refractivity contribution in [1.29, 1.82) is 0 Å². The third kappa shape index (κ3) is 3.68. The van der Waals surface area contributed by atoms with Crippen LogP contribution in [0.25, 0.3) is 10.6 Å². The molecule has 1 aromatic carbocycles. The van der Waals surface area contributed by atoms with Crippen LogP contribution < -0.4 is 20.5 Å². The summed E-state index contributed by atoms with van der Waals surface area (Å²) in [4.78, 5) is 17.3. The summed E-state index contributed by atoms with van der Waals surface area (Å²) in [7, 11) is 0. The molecule has 0 bridgehead atoms. The first-order chi connectivity index (χ1) is 11.7. The average Bonchev–Trinajstić information content (AvgIpc) is 3.26. The number of ether oxygens (including phenoxy) is 2. The third-order valence-corrected chi connectivity index (χ3v) is 4.92. The molecule has 128 valence electrons. The van der Waals surface area contributed by atoms with Gasteiger partial charge in [0.1, 0.15) is 9.88 Å². The van der Waals surface area contributed by atoms with Gasteiger partial charge in [0.15, 0.2) is 11.5 Å². The van der Waals surface area contributed by atoms with Crippen LogP contribution in [-0.2, 0) is 0 Å². The van der Waals surface area contributed by atoms with E-state index in [0.29, 0.717) is 17.2 Å². The molecule has 1 amide bonds. The smallest absolute Gasteiger partial charge is 0.263 e. The Morgan fingerprint density at radius 2 is 2.25 bits per heavy atom. The highest BCUT2D eigenvalue weighted by molar-refractivity contribution is 7.16. The van der Waals surface area contributed by atoms with Gasteiger partial charge < -0.3 is 20.5 Å². The lowest BCUT2D eigenvalue weighted by Gasteiger charge is -2.15. The quantitative estimate of drug-likeness (QED) is 0.804. The first-order valence-corrected chi connectivity index (χ1v) is 8.89. The van der Waals surface area contributed by atoms with Crippen LogP contribution in [0.3, 0.4) is 0 Å². The van der Waals surface area contributed by atoms with E-state index in [1.807, 2.05) is 18.2 Å². The van der Waals surface area contributed by atoms with E-state index in [-0.39, 0.29) is 18.7 Å². The van der Waals surface area contributed by atoms with Gasteiger partial charge in [0.05, 0.1) is 6.20 Å². The number of aromatic nitrogens is 1. The maximum atomic E-state index is 12.4. The molecule has 1 aromatic heterocycles. The fourth-order valence-corrected chi connectivity index (χ4v) is 3.31. The lowest BCUT2D eigenvalue weighted by molar-refractivity contribution is 0.0939. The molecule has 0 saturated heterocycles. The number of thiazole rings is 1. The fourth-order valence-electron chi connectivity index (χ4n) is 2.50. The third-order valence-electron chi connectivity index (χ3n) is 3.87. The maximum Gasteiger partial charge on any atom is 0.263 e. The van der Waals surface area contributed by atoms with Crippen LogP contribution in [0.15, 0.2) is 24.4 Å². The van der Waals surface area contributed by atoms with Crippen LogP contribution in [0, 0.1) is 0 Å². The van der Waals surface area contributed by atoms with E-state index in [1.165, 1.54) is 11.3 Å². The van der Waals surface area contributed by atoms with Crippen molar-refractivity contribution in [1.82, 2.24) is 10.3 Å². The largest absolute Gasteiger partial charge is 0.454 e. The van der Waals surface area contributed by atoms with Crippen molar-refractivity contribution in [3.63, 3.8) is 0 Å². The Balaban J connectivity index is 1.69.